The summed E-state index contributed by atoms with van der Waals surface area (Å²) in [5.74, 6) is 1.10. The van der Waals surface area contributed by atoms with Crippen LogP contribution < -0.4 is 0 Å². The Labute approximate surface area is 104 Å². The molecule has 1 saturated carbocycles. The maximum atomic E-state index is 11.6. The highest BCUT2D eigenvalue weighted by Gasteiger charge is 2.33. The monoisotopic (exact) mass is 240 g/mol. The molecule has 3 heteroatoms. The van der Waals surface area contributed by atoms with Gasteiger partial charge in [-0.3, -0.25) is 9.59 Å². The fourth-order valence-corrected chi connectivity index (χ4v) is 2.66. The van der Waals surface area contributed by atoms with Crippen LogP contribution in [0.4, 0.5) is 0 Å². The number of hydrogen-bond donors (Lipinski definition) is 0. The first-order valence-electron chi connectivity index (χ1n) is 6.59. The molecule has 0 aromatic heterocycles. The lowest BCUT2D eigenvalue weighted by molar-refractivity contribution is -0.157. The molecule has 0 aliphatic heterocycles. The Morgan fingerprint density at radius 2 is 1.94 bits per heavy atom. The second-order valence-corrected chi connectivity index (χ2v) is 5.73. The maximum absolute atomic E-state index is 11.6. The van der Waals surface area contributed by atoms with Crippen molar-refractivity contribution in [1.29, 1.82) is 0 Å². The molecule has 0 amide bonds. The number of carbonyl (C=O) groups is 2. The number of carbonyl (C=O) groups excluding carboxylic acids is 2. The van der Waals surface area contributed by atoms with E-state index in [4.69, 9.17) is 4.74 Å². The van der Waals surface area contributed by atoms with Gasteiger partial charge in [0.05, 0.1) is 0 Å². The molecule has 1 aliphatic carbocycles. The van der Waals surface area contributed by atoms with Crippen LogP contribution in [0.5, 0.6) is 0 Å². The Hall–Kier alpha value is -0.860. The summed E-state index contributed by atoms with van der Waals surface area (Å²) in [7, 11) is 0. The Morgan fingerprint density at radius 1 is 1.29 bits per heavy atom. The van der Waals surface area contributed by atoms with Gasteiger partial charge in [0, 0.05) is 0 Å². The van der Waals surface area contributed by atoms with E-state index in [9.17, 15) is 9.59 Å². The lowest BCUT2D eigenvalue weighted by Crippen LogP contribution is -2.36. The largest absolute Gasteiger partial charge is 0.462 e. The molecule has 1 rings (SSSR count). The zero-order chi connectivity index (χ0) is 13.0. The number of rotatable bonds is 4. The third-order valence-electron chi connectivity index (χ3n) is 3.64. The predicted octanol–water partition coefficient (Wildman–Crippen LogP) is 2.97. The smallest absolute Gasteiger partial charge is 0.313 e. The first kappa shape index (κ1) is 14.2. The summed E-state index contributed by atoms with van der Waals surface area (Å²) < 4.78 is 5.49. The van der Waals surface area contributed by atoms with Crippen LogP contribution in [0.15, 0.2) is 0 Å². The molecule has 0 radical (unpaired) electrons. The zero-order valence-corrected chi connectivity index (χ0v) is 11.4. The fourth-order valence-electron chi connectivity index (χ4n) is 2.66. The summed E-state index contributed by atoms with van der Waals surface area (Å²) in [6.45, 7) is 7.96. The summed E-state index contributed by atoms with van der Waals surface area (Å²) in [5.41, 5.74) is 0. The molecular formula is C14H24O3. The molecule has 3 unspecified atom stereocenters. The summed E-state index contributed by atoms with van der Waals surface area (Å²) in [6.07, 6.45) is 3.19. The van der Waals surface area contributed by atoms with Crippen LogP contribution in [0.2, 0.25) is 0 Å². The molecular weight excluding hydrogens is 216 g/mol. The molecule has 0 spiro atoms. The van der Waals surface area contributed by atoms with E-state index in [1.165, 1.54) is 13.3 Å². The van der Waals surface area contributed by atoms with Crippen molar-refractivity contribution in [3.63, 3.8) is 0 Å². The molecule has 1 aliphatic rings. The van der Waals surface area contributed by atoms with E-state index >= 15 is 0 Å². The lowest BCUT2D eigenvalue weighted by Gasteiger charge is -2.36. The van der Waals surface area contributed by atoms with Crippen LogP contribution in [0.1, 0.15) is 53.4 Å². The zero-order valence-electron chi connectivity index (χ0n) is 11.4. The van der Waals surface area contributed by atoms with Crippen molar-refractivity contribution in [3.05, 3.63) is 0 Å². The van der Waals surface area contributed by atoms with E-state index < -0.39 is 0 Å². The lowest BCUT2D eigenvalue weighted by atomic mass is 9.75. The van der Waals surface area contributed by atoms with Gasteiger partial charge in [-0.1, -0.05) is 27.2 Å². The van der Waals surface area contributed by atoms with E-state index in [0.29, 0.717) is 17.8 Å². The van der Waals surface area contributed by atoms with Gasteiger partial charge in [0.1, 0.15) is 18.3 Å². The van der Waals surface area contributed by atoms with Gasteiger partial charge in [-0.25, -0.2) is 0 Å². The SMILES string of the molecule is CC(=O)CC(=O)OC1CC(C)CCC1C(C)C. The number of hydrogen-bond acceptors (Lipinski definition) is 3. The van der Waals surface area contributed by atoms with Gasteiger partial charge in [-0.05, 0) is 37.5 Å². The normalized spacial score (nSPS) is 29.1. The molecule has 0 aromatic rings. The summed E-state index contributed by atoms with van der Waals surface area (Å²) in [4.78, 5) is 22.4. The highest BCUT2D eigenvalue weighted by molar-refractivity contribution is 5.94. The van der Waals surface area contributed by atoms with E-state index in [1.54, 1.807) is 0 Å². The Kier molecular flexibility index (Phi) is 5.16. The van der Waals surface area contributed by atoms with Crippen molar-refractivity contribution in [1.82, 2.24) is 0 Å². The fraction of sp³-hybridized carbons (Fsp3) is 0.857. The second kappa shape index (κ2) is 6.18. The Bertz CT molecular complexity index is 283. The van der Waals surface area contributed by atoms with Crippen molar-refractivity contribution in [2.24, 2.45) is 17.8 Å². The van der Waals surface area contributed by atoms with Crippen LogP contribution in [0.25, 0.3) is 0 Å². The van der Waals surface area contributed by atoms with Crippen molar-refractivity contribution >= 4 is 11.8 Å². The topological polar surface area (TPSA) is 43.4 Å². The molecule has 0 heterocycles. The number of ether oxygens (including phenoxy) is 1. The minimum absolute atomic E-state index is 0.00519. The Balaban J connectivity index is 2.57. The summed E-state index contributed by atoms with van der Waals surface area (Å²) in [5, 5.41) is 0. The van der Waals surface area contributed by atoms with Gasteiger partial charge >= 0.3 is 5.97 Å². The first-order valence-corrected chi connectivity index (χ1v) is 6.59. The van der Waals surface area contributed by atoms with Gasteiger partial charge in [0.2, 0.25) is 0 Å². The first-order chi connectivity index (χ1) is 7.90. The second-order valence-electron chi connectivity index (χ2n) is 5.73. The van der Waals surface area contributed by atoms with Gasteiger partial charge < -0.3 is 4.74 Å². The third kappa shape index (κ3) is 4.49. The minimum atomic E-state index is -0.359. The molecule has 17 heavy (non-hydrogen) atoms. The van der Waals surface area contributed by atoms with Crippen LogP contribution >= 0.6 is 0 Å². The van der Waals surface area contributed by atoms with Crippen LogP contribution in [-0.2, 0) is 14.3 Å². The average molecular weight is 240 g/mol. The minimum Gasteiger partial charge on any atom is -0.462 e. The van der Waals surface area contributed by atoms with Crippen molar-refractivity contribution in [3.8, 4) is 0 Å². The van der Waals surface area contributed by atoms with E-state index in [2.05, 4.69) is 20.8 Å². The van der Waals surface area contributed by atoms with Crippen molar-refractivity contribution < 1.29 is 14.3 Å². The highest BCUT2D eigenvalue weighted by atomic mass is 16.5. The van der Waals surface area contributed by atoms with Gasteiger partial charge in [-0.2, -0.15) is 0 Å². The average Bonchev–Trinajstić information content (AvgIpc) is 2.15. The molecule has 3 nitrogen and oxygen atoms in total. The number of ketones is 1. The number of esters is 1. The van der Waals surface area contributed by atoms with Crippen LogP contribution in [-0.4, -0.2) is 17.9 Å². The van der Waals surface area contributed by atoms with Gasteiger partial charge in [-0.15, -0.1) is 0 Å². The van der Waals surface area contributed by atoms with Gasteiger partial charge in [0.25, 0.3) is 0 Å². The molecule has 0 aromatic carbocycles. The van der Waals surface area contributed by atoms with Crippen molar-refractivity contribution in [2.45, 2.75) is 59.5 Å². The van der Waals surface area contributed by atoms with E-state index in [0.717, 1.165) is 12.8 Å². The molecule has 3 atom stereocenters. The standard InChI is InChI=1S/C14H24O3/c1-9(2)12-6-5-10(3)7-13(12)17-14(16)8-11(4)15/h9-10,12-13H,5-8H2,1-4H3. The summed E-state index contributed by atoms with van der Waals surface area (Å²) in [6, 6.07) is 0. The third-order valence-corrected chi connectivity index (χ3v) is 3.64. The van der Waals surface area contributed by atoms with Crippen molar-refractivity contribution in [2.75, 3.05) is 0 Å². The Morgan fingerprint density at radius 3 is 2.47 bits per heavy atom. The molecule has 0 bridgehead atoms. The molecule has 0 N–H and O–H groups in total. The molecule has 1 fully saturated rings. The van der Waals surface area contributed by atoms with E-state index in [-0.39, 0.29) is 24.3 Å². The summed E-state index contributed by atoms with van der Waals surface area (Å²) >= 11 is 0. The number of Topliss-reactive ketones (excluding diaryl/α,β-unsaturated/α-hetero) is 1. The predicted molar refractivity (Wildman–Crippen MR) is 66.5 cm³/mol. The van der Waals surface area contributed by atoms with Gasteiger partial charge in [0.15, 0.2) is 0 Å². The van der Waals surface area contributed by atoms with E-state index in [1.807, 2.05) is 0 Å². The highest BCUT2D eigenvalue weighted by Crippen LogP contribution is 2.35. The van der Waals surface area contributed by atoms with Crippen LogP contribution in [0, 0.1) is 17.8 Å². The maximum Gasteiger partial charge on any atom is 0.313 e. The molecule has 98 valence electrons. The van der Waals surface area contributed by atoms with Crippen LogP contribution in [0.3, 0.4) is 0 Å². The quantitative estimate of drug-likeness (QED) is 0.560. The molecule has 0 saturated heterocycles.